The van der Waals surface area contributed by atoms with Crippen LogP contribution in [0.5, 0.6) is 0 Å². The molecule has 0 aromatic heterocycles. The lowest BCUT2D eigenvalue weighted by molar-refractivity contribution is -0.138. The molecule has 0 amide bonds. The Kier molecular flexibility index (Phi) is 1.15. The van der Waals surface area contributed by atoms with E-state index >= 15 is 0 Å². The topological polar surface area (TPSA) is 38.7 Å². The monoisotopic (exact) mass is 156 g/mol. The summed E-state index contributed by atoms with van der Waals surface area (Å²) in [6.07, 6.45) is 3.38. The molecule has 3 heteroatoms. The zero-order valence-electron chi connectivity index (χ0n) is 6.27. The van der Waals surface area contributed by atoms with Crippen LogP contribution in [0.1, 0.15) is 19.3 Å². The maximum Gasteiger partial charge on any atom is 0.0867 e. The molecule has 0 aromatic rings. The molecule has 3 aliphatic heterocycles. The van der Waals surface area contributed by atoms with Crippen LogP contribution in [0, 0.1) is 0 Å². The first kappa shape index (κ1) is 6.40. The van der Waals surface area contributed by atoms with E-state index in [1.807, 2.05) is 0 Å². The van der Waals surface area contributed by atoms with Crippen LogP contribution in [0.25, 0.3) is 0 Å². The van der Waals surface area contributed by atoms with Crippen LogP contribution in [-0.2, 0) is 9.47 Å². The minimum atomic E-state index is -0.276. The van der Waals surface area contributed by atoms with Gasteiger partial charge in [-0.2, -0.15) is 0 Å². The average molecular weight is 156 g/mol. The van der Waals surface area contributed by atoms with Crippen LogP contribution in [0.4, 0.5) is 0 Å². The number of rotatable bonds is 0. The van der Waals surface area contributed by atoms with Gasteiger partial charge in [0.2, 0.25) is 0 Å². The highest BCUT2D eigenvalue weighted by Crippen LogP contribution is 2.41. The fourth-order valence-corrected chi connectivity index (χ4v) is 2.48. The van der Waals surface area contributed by atoms with Gasteiger partial charge < -0.3 is 14.6 Å². The van der Waals surface area contributed by atoms with Gasteiger partial charge in [0, 0.05) is 19.3 Å². The van der Waals surface area contributed by atoms with Gasteiger partial charge in [-0.05, 0) is 0 Å². The highest BCUT2D eigenvalue weighted by molar-refractivity contribution is 4.98. The van der Waals surface area contributed by atoms with Gasteiger partial charge in [-0.1, -0.05) is 0 Å². The van der Waals surface area contributed by atoms with Crippen molar-refractivity contribution >= 4 is 0 Å². The van der Waals surface area contributed by atoms with Crippen LogP contribution >= 0.6 is 0 Å². The highest BCUT2D eigenvalue weighted by atomic mass is 16.6. The lowest BCUT2D eigenvalue weighted by Gasteiger charge is -2.35. The van der Waals surface area contributed by atoms with E-state index in [9.17, 15) is 5.11 Å². The molecular weight excluding hydrogens is 144 g/mol. The van der Waals surface area contributed by atoms with Crippen LogP contribution in [-0.4, -0.2) is 35.6 Å². The quantitative estimate of drug-likeness (QED) is 0.539. The van der Waals surface area contributed by atoms with E-state index in [4.69, 9.17) is 9.47 Å². The van der Waals surface area contributed by atoms with Crippen molar-refractivity contribution in [1.82, 2.24) is 0 Å². The van der Waals surface area contributed by atoms with E-state index in [2.05, 4.69) is 0 Å². The predicted octanol–water partition coefficient (Wildman–Crippen LogP) is 0.0660. The Bertz CT molecular complexity index is 178. The molecule has 3 nitrogen and oxygen atoms in total. The molecule has 3 aliphatic rings. The smallest absolute Gasteiger partial charge is 0.0867 e. The van der Waals surface area contributed by atoms with Gasteiger partial charge in [0.1, 0.15) is 0 Å². The molecule has 3 heterocycles. The fourth-order valence-electron chi connectivity index (χ4n) is 2.48. The molecule has 62 valence electrons. The summed E-state index contributed by atoms with van der Waals surface area (Å²) in [5.41, 5.74) is 0. The normalized spacial score (nSPS) is 60.3. The largest absolute Gasteiger partial charge is 0.390 e. The average Bonchev–Trinajstić information content (AvgIpc) is 2.19. The lowest BCUT2D eigenvalue weighted by Crippen LogP contribution is -2.46. The Morgan fingerprint density at radius 3 is 2.55 bits per heavy atom. The minimum Gasteiger partial charge on any atom is -0.390 e. The summed E-state index contributed by atoms with van der Waals surface area (Å²) in [5.74, 6) is 0. The number of ether oxygens (including phenoxy) is 2. The first-order valence-electron chi connectivity index (χ1n) is 4.32. The molecule has 11 heavy (non-hydrogen) atoms. The second kappa shape index (κ2) is 1.97. The summed E-state index contributed by atoms with van der Waals surface area (Å²) in [4.78, 5) is 0. The number of hydrogen-bond acceptors (Lipinski definition) is 3. The number of fused-ring (bicyclic) bond motifs is 2. The molecule has 3 bridgehead atoms. The first-order valence-corrected chi connectivity index (χ1v) is 4.32. The van der Waals surface area contributed by atoms with Gasteiger partial charge >= 0.3 is 0 Å². The molecule has 0 saturated carbocycles. The van der Waals surface area contributed by atoms with Crippen molar-refractivity contribution in [2.24, 2.45) is 0 Å². The molecule has 0 spiro atoms. The summed E-state index contributed by atoms with van der Waals surface area (Å²) >= 11 is 0. The van der Waals surface area contributed by atoms with Crippen molar-refractivity contribution in [3.8, 4) is 0 Å². The summed E-state index contributed by atoms with van der Waals surface area (Å²) in [7, 11) is 0. The molecule has 5 atom stereocenters. The zero-order valence-corrected chi connectivity index (χ0v) is 6.27. The maximum atomic E-state index is 9.51. The SMILES string of the molecule is OC1CC2OC3CC1OC2C3. The van der Waals surface area contributed by atoms with Gasteiger partial charge in [0.15, 0.2) is 0 Å². The summed E-state index contributed by atoms with van der Waals surface area (Å²) in [6.45, 7) is 0. The van der Waals surface area contributed by atoms with Crippen molar-refractivity contribution in [3.05, 3.63) is 0 Å². The van der Waals surface area contributed by atoms with E-state index in [0.717, 1.165) is 19.3 Å². The van der Waals surface area contributed by atoms with Gasteiger partial charge in [-0.15, -0.1) is 0 Å². The van der Waals surface area contributed by atoms with Crippen LogP contribution in [0.15, 0.2) is 0 Å². The molecule has 1 N–H and O–H groups in total. The molecule has 0 radical (unpaired) electrons. The fraction of sp³-hybridized carbons (Fsp3) is 1.00. The number of aliphatic hydroxyl groups is 1. The van der Waals surface area contributed by atoms with E-state index in [-0.39, 0.29) is 18.3 Å². The second-order valence-corrected chi connectivity index (χ2v) is 3.78. The number of hydrogen-bond donors (Lipinski definition) is 1. The third-order valence-electron chi connectivity index (χ3n) is 3.02. The molecule has 3 fully saturated rings. The Balaban J connectivity index is 1.93. The zero-order chi connectivity index (χ0) is 7.42. The Morgan fingerprint density at radius 2 is 1.64 bits per heavy atom. The van der Waals surface area contributed by atoms with Crippen LogP contribution in [0.3, 0.4) is 0 Å². The molecule has 0 aliphatic carbocycles. The summed E-state index contributed by atoms with van der Waals surface area (Å²) in [5, 5.41) is 9.51. The second-order valence-electron chi connectivity index (χ2n) is 3.78. The van der Waals surface area contributed by atoms with E-state index < -0.39 is 0 Å². The Morgan fingerprint density at radius 1 is 0.909 bits per heavy atom. The number of aliphatic hydroxyl groups excluding tert-OH is 1. The third kappa shape index (κ3) is 0.789. The van der Waals surface area contributed by atoms with E-state index in [1.54, 1.807) is 0 Å². The Labute approximate surface area is 65.3 Å². The first-order chi connectivity index (χ1) is 5.33. The van der Waals surface area contributed by atoms with Crippen LogP contribution < -0.4 is 0 Å². The third-order valence-corrected chi connectivity index (χ3v) is 3.02. The van der Waals surface area contributed by atoms with Crippen molar-refractivity contribution in [2.45, 2.75) is 49.8 Å². The lowest BCUT2D eigenvalue weighted by atomic mass is 9.90. The molecule has 3 saturated heterocycles. The molecule has 3 rings (SSSR count). The van der Waals surface area contributed by atoms with Gasteiger partial charge in [0.05, 0.1) is 30.5 Å². The van der Waals surface area contributed by atoms with Crippen molar-refractivity contribution in [3.63, 3.8) is 0 Å². The van der Waals surface area contributed by atoms with Crippen molar-refractivity contribution < 1.29 is 14.6 Å². The van der Waals surface area contributed by atoms with Gasteiger partial charge in [-0.3, -0.25) is 0 Å². The van der Waals surface area contributed by atoms with Crippen LogP contribution in [0.2, 0.25) is 0 Å². The highest BCUT2D eigenvalue weighted by Gasteiger charge is 2.49. The Hall–Kier alpha value is -0.120. The van der Waals surface area contributed by atoms with Gasteiger partial charge in [-0.25, -0.2) is 0 Å². The molecular formula is C8H12O3. The van der Waals surface area contributed by atoms with Gasteiger partial charge in [0.25, 0.3) is 0 Å². The molecule has 5 unspecified atom stereocenters. The standard InChI is InChI=1S/C8H12O3/c9-5-3-8-7-2-4(10-8)1-6(5)11-7/h4-9H,1-3H2. The summed E-state index contributed by atoms with van der Waals surface area (Å²) < 4.78 is 11.3. The van der Waals surface area contributed by atoms with E-state index in [0.29, 0.717) is 12.2 Å². The molecule has 0 aromatic carbocycles. The predicted molar refractivity (Wildman–Crippen MR) is 37.2 cm³/mol. The van der Waals surface area contributed by atoms with Crippen molar-refractivity contribution in [2.75, 3.05) is 0 Å². The minimum absolute atomic E-state index is 0.0671. The maximum absolute atomic E-state index is 9.51. The summed E-state index contributed by atoms with van der Waals surface area (Å²) in [6, 6.07) is 0. The van der Waals surface area contributed by atoms with Crippen molar-refractivity contribution in [1.29, 1.82) is 0 Å². The van der Waals surface area contributed by atoms with E-state index in [1.165, 1.54) is 0 Å².